The second-order valence-electron chi connectivity index (χ2n) is 6.84. The Kier molecular flexibility index (Phi) is 7.19. The summed E-state index contributed by atoms with van der Waals surface area (Å²) in [6, 6.07) is 11.8. The second kappa shape index (κ2) is 9.61. The van der Waals surface area contributed by atoms with Crippen LogP contribution >= 0.6 is 0 Å². The van der Waals surface area contributed by atoms with Gasteiger partial charge in [-0.15, -0.1) is 9.81 Å². The van der Waals surface area contributed by atoms with Crippen molar-refractivity contribution in [1.29, 1.82) is 0 Å². The first-order chi connectivity index (χ1) is 14.6. The summed E-state index contributed by atoms with van der Waals surface area (Å²) in [5.74, 6) is -5.52. The van der Waals surface area contributed by atoms with Crippen molar-refractivity contribution in [1.82, 2.24) is 0 Å². The zero-order chi connectivity index (χ0) is 23.2. The predicted molar refractivity (Wildman–Crippen MR) is 107 cm³/mol. The van der Waals surface area contributed by atoms with Crippen molar-refractivity contribution in [3.8, 4) is 0 Å². The number of amides is 2. The molecule has 2 atom stereocenters. The van der Waals surface area contributed by atoms with Crippen LogP contribution in [0.1, 0.15) is 38.8 Å². The summed E-state index contributed by atoms with van der Waals surface area (Å²) in [6.45, 7) is 4.38. The van der Waals surface area contributed by atoms with E-state index in [2.05, 4.69) is 10.4 Å². The van der Waals surface area contributed by atoms with Crippen molar-refractivity contribution >= 4 is 23.8 Å². The highest BCUT2D eigenvalue weighted by atomic mass is 16.6. The number of rotatable bonds is 7. The standard InChI is InChI=1S/C21H18N2O8/c1-12-4-8-14(9-5-12)18(25)30-16(17(24)22-28)21(3,20(27)23-29)31-19(26)15-10-6-13(2)7-11-15/h4-11,16H,1-3H3. The van der Waals surface area contributed by atoms with E-state index >= 15 is 0 Å². The lowest BCUT2D eigenvalue weighted by Gasteiger charge is -2.30. The van der Waals surface area contributed by atoms with Crippen LogP contribution < -0.4 is 0 Å². The molecule has 10 nitrogen and oxygen atoms in total. The van der Waals surface area contributed by atoms with Gasteiger partial charge in [0.1, 0.15) is 0 Å². The zero-order valence-electron chi connectivity index (χ0n) is 16.9. The predicted octanol–water partition coefficient (Wildman–Crippen LogP) is 3.03. The minimum Gasteiger partial charge on any atom is -0.443 e. The van der Waals surface area contributed by atoms with Gasteiger partial charge in [0.05, 0.1) is 11.1 Å². The Morgan fingerprint density at radius 2 is 1.23 bits per heavy atom. The third kappa shape index (κ3) is 5.30. The molecule has 2 aromatic carbocycles. The van der Waals surface area contributed by atoms with E-state index in [1.165, 1.54) is 24.3 Å². The highest BCUT2D eigenvalue weighted by Gasteiger charge is 2.53. The van der Waals surface area contributed by atoms with Gasteiger partial charge in [0.2, 0.25) is 11.7 Å². The Labute approximate surface area is 176 Å². The molecule has 2 aromatic rings. The maximum atomic E-state index is 12.5. The van der Waals surface area contributed by atoms with Crippen LogP contribution in [0.4, 0.5) is 0 Å². The minimum absolute atomic E-state index is 0.0204. The molecule has 31 heavy (non-hydrogen) atoms. The number of hydrogen-bond acceptors (Lipinski definition) is 8. The van der Waals surface area contributed by atoms with Gasteiger partial charge in [0.25, 0.3) is 0 Å². The van der Waals surface area contributed by atoms with E-state index in [0.717, 1.165) is 18.1 Å². The van der Waals surface area contributed by atoms with Crippen LogP contribution in [-0.4, -0.2) is 35.5 Å². The van der Waals surface area contributed by atoms with E-state index in [1.807, 2.05) is 0 Å². The number of nitrogens with zero attached hydrogens (tertiary/aromatic N) is 2. The van der Waals surface area contributed by atoms with Crippen molar-refractivity contribution in [2.45, 2.75) is 32.5 Å². The van der Waals surface area contributed by atoms with E-state index in [-0.39, 0.29) is 11.1 Å². The first-order valence-electron chi connectivity index (χ1n) is 8.95. The highest BCUT2D eigenvalue weighted by Crippen LogP contribution is 2.26. The molecule has 0 heterocycles. The molecule has 0 aliphatic heterocycles. The molecule has 0 spiro atoms. The summed E-state index contributed by atoms with van der Waals surface area (Å²) in [4.78, 5) is 71.2. The Morgan fingerprint density at radius 1 is 0.774 bits per heavy atom. The molecule has 10 heteroatoms. The Bertz CT molecular complexity index is 1030. The lowest BCUT2D eigenvalue weighted by molar-refractivity contribution is -0.157. The topological polar surface area (TPSA) is 146 Å². The molecule has 2 unspecified atom stereocenters. The van der Waals surface area contributed by atoms with E-state index in [0.29, 0.717) is 0 Å². The number of carbonyl (C=O) groups is 4. The van der Waals surface area contributed by atoms with Gasteiger partial charge in [0.15, 0.2) is 0 Å². The van der Waals surface area contributed by atoms with Crippen molar-refractivity contribution in [3.63, 3.8) is 0 Å². The molecule has 160 valence electrons. The molecule has 2 rings (SSSR count). The fraction of sp³-hybridized carbons (Fsp3) is 0.238. The molecular formula is C21H18N2O8. The van der Waals surface area contributed by atoms with E-state index in [4.69, 9.17) is 9.47 Å². The molecule has 0 aromatic heterocycles. The smallest absolute Gasteiger partial charge is 0.339 e. The lowest BCUT2D eigenvalue weighted by atomic mass is 9.96. The molecule has 0 fully saturated rings. The molecule has 0 aliphatic rings. The Hall–Kier alpha value is -4.08. The first kappa shape index (κ1) is 23.2. The van der Waals surface area contributed by atoms with E-state index in [1.54, 1.807) is 38.1 Å². The number of esters is 2. The van der Waals surface area contributed by atoms with E-state index < -0.39 is 35.5 Å². The molecule has 0 saturated carbocycles. The van der Waals surface area contributed by atoms with Gasteiger partial charge in [0, 0.05) is 10.4 Å². The van der Waals surface area contributed by atoms with Gasteiger partial charge < -0.3 is 9.47 Å². The normalized spacial score (nSPS) is 13.3. The maximum absolute atomic E-state index is 12.5. The van der Waals surface area contributed by atoms with Crippen molar-refractivity contribution in [2.75, 3.05) is 0 Å². The van der Waals surface area contributed by atoms with Crippen LogP contribution in [0.2, 0.25) is 0 Å². The van der Waals surface area contributed by atoms with Crippen molar-refractivity contribution < 1.29 is 28.7 Å². The summed E-state index contributed by atoms with van der Waals surface area (Å²) in [5.41, 5.74) is -1.11. The number of aryl methyl sites for hydroxylation is 2. The number of carbonyl (C=O) groups excluding carboxylic acids is 4. The summed E-state index contributed by atoms with van der Waals surface area (Å²) < 4.78 is 10.1. The SMILES string of the molecule is Cc1ccc(C(=O)OC(C(=O)N=O)C(C)(OC(=O)c2ccc(C)cc2)C(=O)N=O)cc1. The van der Waals surface area contributed by atoms with Gasteiger partial charge in [-0.25, -0.2) is 9.59 Å². The second-order valence-corrected chi connectivity index (χ2v) is 6.84. The average molecular weight is 426 g/mol. The van der Waals surface area contributed by atoms with Crippen molar-refractivity contribution in [3.05, 3.63) is 80.6 Å². The monoisotopic (exact) mass is 426 g/mol. The minimum atomic E-state index is -2.73. The number of nitroso groups, excluding NO2 is 2. The zero-order valence-corrected chi connectivity index (χ0v) is 16.9. The molecule has 0 radical (unpaired) electrons. The third-order valence-corrected chi connectivity index (χ3v) is 4.43. The summed E-state index contributed by atoms with van der Waals surface area (Å²) >= 11 is 0. The number of ether oxygens (including phenoxy) is 2. The Morgan fingerprint density at radius 3 is 1.65 bits per heavy atom. The van der Waals surface area contributed by atoms with Gasteiger partial charge >= 0.3 is 23.8 Å². The van der Waals surface area contributed by atoms with Gasteiger partial charge in [-0.05, 0) is 45.0 Å². The lowest BCUT2D eigenvalue weighted by Crippen LogP contribution is -2.55. The van der Waals surface area contributed by atoms with Crippen molar-refractivity contribution in [2.24, 2.45) is 10.4 Å². The van der Waals surface area contributed by atoms with Crippen LogP contribution in [0.3, 0.4) is 0 Å². The Balaban J connectivity index is 2.42. The highest BCUT2D eigenvalue weighted by molar-refractivity contribution is 6.00. The van der Waals surface area contributed by atoms with Crippen LogP contribution in [0.25, 0.3) is 0 Å². The van der Waals surface area contributed by atoms with Gasteiger partial charge in [-0.2, -0.15) is 0 Å². The molecule has 0 bridgehead atoms. The molecule has 0 saturated heterocycles. The molecule has 2 amide bonds. The number of benzene rings is 2. The summed E-state index contributed by atoms with van der Waals surface area (Å²) in [5, 5.41) is 4.37. The quantitative estimate of drug-likeness (QED) is 0.485. The molecular weight excluding hydrogens is 408 g/mol. The van der Waals surface area contributed by atoms with E-state index in [9.17, 15) is 29.0 Å². The van der Waals surface area contributed by atoms with Gasteiger partial charge in [-0.1, -0.05) is 35.4 Å². The largest absolute Gasteiger partial charge is 0.443 e. The van der Waals surface area contributed by atoms with Crippen LogP contribution in [0.5, 0.6) is 0 Å². The maximum Gasteiger partial charge on any atom is 0.339 e. The van der Waals surface area contributed by atoms with Gasteiger partial charge in [-0.3, -0.25) is 9.59 Å². The molecule has 0 N–H and O–H groups in total. The number of hydrogen-bond donors (Lipinski definition) is 0. The molecule has 0 aliphatic carbocycles. The van der Waals surface area contributed by atoms with Crippen LogP contribution in [-0.2, 0) is 19.1 Å². The first-order valence-corrected chi connectivity index (χ1v) is 8.95. The average Bonchev–Trinajstić information content (AvgIpc) is 2.76. The van der Waals surface area contributed by atoms with Crippen LogP contribution in [0.15, 0.2) is 58.9 Å². The summed E-state index contributed by atoms with van der Waals surface area (Å²) in [7, 11) is 0. The van der Waals surface area contributed by atoms with Crippen LogP contribution in [0, 0.1) is 23.7 Å². The third-order valence-electron chi connectivity index (χ3n) is 4.43. The fourth-order valence-electron chi connectivity index (χ4n) is 2.55. The summed E-state index contributed by atoms with van der Waals surface area (Å²) in [6.07, 6.45) is -2.33. The fourth-order valence-corrected chi connectivity index (χ4v) is 2.55.